The lowest BCUT2D eigenvalue weighted by atomic mass is 9.93. The molecule has 1 atom stereocenters. The van der Waals surface area contributed by atoms with E-state index in [1.165, 1.54) is 0 Å². The maximum absolute atomic E-state index is 12.8. The Hall–Kier alpha value is -2.69. The van der Waals surface area contributed by atoms with E-state index in [0.717, 1.165) is 36.2 Å². The summed E-state index contributed by atoms with van der Waals surface area (Å²) < 4.78 is 0. The van der Waals surface area contributed by atoms with Gasteiger partial charge in [-0.3, -0.25) is 9.78 Å². The third-order valence-electron chi connectivity index (χ3n) is 4.73. The molecule has 0 unspecified atom stereocenters. The van der Waals surface area contributed by atoms with Crippen LogP contribution in [0.5, 0.6) is 0 Å². The number of benzene rings is 1. The van der Waals surface area contributed by atoms with Gasteiger partial charge in [0.2, 0.25) is 5.91 Å². The number of aromatic carboxylic acids is 1. The van der Waals surface area contributed by atoms with Gasteiger partial charge in [-0.2, -0.15) is 0 Å². The minimum atomic E-state index is -0.958. The predicted octanol–water partition coefficient (Wildman–Crippen LogP) is 4.16. The lowest BCUT2D eigenvalue weighted by Crippen LogP contribution is -2.39. The number of carbonyl (C=O) groups is 2. The van der Waals surface area contributed by atoms with Crippen LogP contribution in [0.4, 0.5) is 0 Å². The Morgan fingerprint density at radius 3 is 2.65 bits per heavy atom. The fraction of sp³-hybridized carbons (Fsp3) is 0.381. The molecule has 1 aliphatic heterocycles. The molecule has 1 fully saturated rings. The van der Waals surface area contributed by atoms with Crippen molar-refractivity contribution in [1.82, 2.24) is 9.88 Å². The SMILES string of the molecule is CC(C)(C)C(=O)N1CCC[C@@H]1c1ccnc(-c2cccc(C(=O)O)c2)c1. The molecule has 5 heteroatoms. The van der Waals surface area contributed by atoms with Crippen molar-refractivity contribution in [2.75, 3.05) is 6.54 Å². The molecule has 1 saturated heterocycles. The zero-order valence-electron chi connectivity index (χ0n) is 15.4. The van der Waals surface area contributed by atoms with Gasteiger partial charge < -0.3 is 10.0 Å². The molecule has 0 radical (unpaired) electrons. The average Bonchev–Trinajstić information content (AvgIpc) is 3.10. The summed E-state index contributed by atoms with van der Waals surface area (Å²) in [7, 11) is 0. The highest BCUT2D eigenvalue weighted by atomic mass is 16.4. The van der Waals surface area contributed by atoms with E-state index < -0.39 is 11.4 Å². The molecule has 2 aromatic rings. The predicted molar refractivity (Wildman–Crippen MR) is 99.8 cm³/mol. The molecule has 1 N–H and O–H groups in total. The normalized spacial score (nSPS) is 17.3. The topological polar surface area (TPSA) is 70.5 Å². The summed E-state index contributed by atoms with van der Waals surface area (Å²) in [5.74, 6) is -0.799. The summed E-state index contributed by atoms with van der Waals surface area (Å²) in [6, 6.07) is 10.7. The Morgan fingerprint density at radius 2 is 1.96 bits per heavy atom. The second-order valence-electron chi connectivity index (χ2n) is 7.77. The summed E-state index contributed by atoms with van der Waals surface area (Å²) in [5.41, 5.74) is 2.36. The fourth-order valence-electron chi connectivity index (χ4n) is 3.41. The summed E-state index contributed by atoms with van der Waals surface area (Å²) in [5, 5.41) is 9.19. The van der Waals surface area contributed by atoms with E-state index in [9.17, 15) is 14.7 Å². The van der Waals surface area contributed by atoms with E-state index >= 15 is 0 Å². The van der Waals surface area contributed by atoms with Crippen LogP contribution in [0.15, 0.2) is 42.6 Å². The van der Waals surface area contributed by atoms with E-state index in [1.807, 2.05) is 43.9 Å². The van der Waals surface area contributed by atoms with Gasteiger partial charge >= 0.3 is 5.97 Å². The Labute approximate surface area is 153 Å². The van der Waals surface area contributed by atoms with Gasteiger partial charge in [0.25, 0.3) is 0 Å². The monoisotopic (exact) mass is 352 g/mol. The first-order chi connectivity index (χ1) is 12.3. The van der Waals surface area contributed by atoms with Crippen molar-refractivity contribution in [3.8, 4) is 11.3 Å². The Morgan fingerprint density at radius 1 is 1.19 bits per heavy atom. The third kappa shape index (κ3) is 3.62. The standard InChI is InChI=1S/C21H24N2O3/c1-21(2,3)20(26)23-11-5-8-18(23)15-9-10-22-17(13-15)14-6-4-7-16(12-14)19(24)25/h4,6-7,9-10,12-13,18H,5,8,11H2,1-3H3,(H,24,25)/t18-/m1/s1. The molecule has 5 nitrogen and oxygen atoms in total. The second-order valence-corrected chi connectivity index (χ2v) is 7.77. The van der Waals surface area contributed by atoms with Crippen molar-refractivity contribution in [1.29, 1.82) is 0 Å². The molecule has 0 spiro atoms. The van der Waals surface area contributed by atoms with E-state index in [2.05, 4.69) is 4.98 Å². The van der Waals surface area contributed by atoms with E-state index in [0.29, 0.717) is 0 Å². The summed E-state index contributed by atoms with van der Waals surface area (Å²) in [4.78, 5) is 30.3. The third-order valence-corrected chi connectivity index (χ3v) is 4.73. The van der Waals surface area contributed by atoms with Crippen molar-refractivity contribution in [2.24, 2.45) is 5.41 Å². The first-order valence-corrected chi connectivity index (χ1v) is 8.88. The number of hydrogen-bond acceptors (Lipinski definition) is 3. The number of carbonyl (C=O) groups excluding carboxylic acids is 1. The summed E-state index contributed by atoms with van der Waals surface area (Å²) in [6.45, 7) is 6.60. The van der Waals surface area contributed by atoms with Crippen molar-refractivity contribution in [3.63, 3.8) is 0 Å². The van der Waals surface area contributed by atoms with Crippen LogP contribution in [0.2, 0.25) is 0 Å². The van der Waals surface area contributed by atoms with Crippen LogP contribution >= 0.6 is 0 Å². The molecular weight excluding hydrogens is 328 g/mol. The minimum absolute atomic E-state index is 0.0473. The summed E-state index contributed by atoms with van der Waals surface area (Å²) in [6.07, 6.45) is 3.65. The van der Waals surface area contributed by atoms with Gasteiger partial charge in [-0.15, -0.1) is 0 Å². The number of aromatic nitrogens is 1. The minimum Gasteiger partial charge on any atom is -0.478 e. The average molecular weight is 352 g/mol. The molecule has 2 heterocycles. The van der Waals surface area contributed by atoms with Crippen molar-refractivity contribution >= 4 is 11.9 Å². The van der Waals surface area contributed by atoms with Gasteiger partial charge in [0, 0.05) is 23.7 Å². The second kappa shape index (κ2) is 6.90. The highest BCUT2D eigenvalue weighted by Gasteiger charge is 2.35. The molecule has 3 rings (SSSR count). The number of amides is 1. The number of rotatable bonds is 3. The fourth-order valence-corrected chi connectivity index (χ4v) is 3.41. The molecule has 1 aromatic carbocycles. The number of nitrogens with zero attached hydrogens (tertiary/aromatic N) is 2. The molecular formula is C21H24N2O3. The maximum Gasteiger partial charge on any atom is 0.335 e. The van der Waals surface area contributed by atoms with E-state index in [4.69, 9.17) is 0 Å². The number of carboxylic acids is 1. The molecule has 1 aliphatic rings. The number of likely N-dealkylation sites (tertiary alicyclic amines) is 1. The van der Waals surface area contributed by atoms with Crippen LogP contribution in [0.3, 0.4) is 0 Å². The van der Waals surface area contributed by atoms with Crippen LogP contribution in [0.1, 0.15) is 55.6 Å². The summed E-state index contributed by atoms with van der Waals surface area (Å²) >= 11 is 0. The van der Waals surface area contributed by atoms with Crippen LogP contribution < -0.4 is 0 Å². The van der Waals surface area contributed by atoms with Gasteiger partial charge in [-0.1, -0.05) is 32.9 Å². The van der Waals surface area contributed by atoms with Gasteiger partial charge in [0.1, 0.15) is 0 Å². The smallest absolute Gasteiger partial charge is 0.335 e. The van der Waals surface area contributed by atoms with Gasteiger partial charge in [0.05, 0.1) is 17.3 Å². The lowest BCUT2D eigenvalue weighted by molar-refractivity contribution is -0.140. The first-order valence-electron chi connectivity index (χ1n) is 8.88. The highest BCUT2D eigenvalue weighted by Crippen LogP contribution is 2.36. The molecule has 0 bridgehead atoms. The van der Waals surface area contributed by atoms with E-state index in [1.54, 1.807) is 24.4 Å². The van der Waals surface area contributed by atoms with Crippen LogP contribution in [-0.2, 0) is 4.79 Å². The zero-order valence-corrected chi connectivity index (χ0v) is 15.4. The quantitative estimate of drug-likeness (QED) is 0.900. The molecule has 1 amide bonds. The molecule has 1 aromatic heterocycles. The lowest BCUT2D eigenvalue weighted by Gasteiger charge is -2.31. The number of hydrogen-bond donors (Lipinski definition) is 1. The van der Waals surface area contributed by atoms with E-state index in [-0.39, 0.29) is 17.5 Å². The first kappa shape index (κ1) is 18.1. The zero-order chi connectivity index (χ0) is 18.9. The highest BCUT2D eigenvalue weighted by molar-refractivity contribution is 5.89. The van der Waals surface area contributed by atoms with Gasteiger partial charge in [-0.25, -0.2) is 4.79 Å². The van der Waals surface area contributed by atoms with Crippen LogP contribution in [-0.4, -0.2) is 33.4 Å². The van der Waals surface area contributed by atoms with Crippen LogP contribution in [0, 0.1) is 5.41 Å². The van der Waals surface area contributed by atoms with Gasteiger partial charge in [0.15, 0.2) is 0 Å². The molecule has 0 saturated carbocycles. The number of pyridine rings is 1. The van der Waals surface area contributed by atoms with Gasteiger partial charge in [-0.05, 0) is 42.7 Å². The van der Waals surface area contributed by atoms with Crippen molar-refractivity contribution in [2.45, 2.75) is 39.7 Å². The van der Waals surface area contributed by atoms with Crippen LogP contribution in [0.25, 0.3) is 11.3 Å². The molecule has 0 aliphatic carbocycles. The van der Waals surface area contributed by atoms with Crippen molar-refractivity contribution < 1.29 is 14.7 Å². The Kier molecular flexibility index (Phi) is 4.81. The van der Waals surface area contributed by atoms with Crippen molar-refractivity contribution in [3.05, 3.63) is 53.7 Å². The number of carboxylic acid groups (broad SMARTS) is 1. The Bertz CT molecular complexity index is 839. The molecule has 136 valence electrons. The maximum atomic E-state index is 12.8. The largest absolute Gasteiger partial charge is 0.478 e. The molecule has 26 heavy (non-hydrogen) atoms. The Balaban J connectivity index is 1.93.